The van der Waals surface area contributed by atoms with Crippen molar-refractivity contribution in [3.8, 4) is 0 Å². The minimum Gasteiger partial charge on any atom is -0.450 e. The second kappa shape index (κ2) is 9.88. The van der Waals surface area contributed by atoms with E-state index >= 15 is 0 Å². The van der Waals surface area contributed by atoms with Gasteiger partial charge in [-0.1, -0.05) is 0 Å². The molecular weight excluding hydrogens is 396 g/mol. The number of thiazole rings is 1. The normalized spacial score (nSPS) is 17.9. The number of nitrogens with one attached hydrogen (secondary N) is 1. The summed E-state index contributed by atoms with van der Waals surface area (Å²) in [7, 11) is 2.04. The van der Waals surface area contributed by atoms with E-state index in [4.69, 9.17) is 4.74 Å². The highest BCUT2D eigenvalue weighted by molar-refractivity contribution is 7.13. The number of ether oxygens (including phenoxy) is 1. The molecule has 29 heavy (non-hydrogen) atoms. The summed E-state index contributed by atoms with van der Waals surface area (Å²) in [5.41, 5.74) is 0.640. The molecule has 2 saturated heterocycles. The van der Waals surface area contributed by atoms with E-state index in [2.05, 4.69) is 15.2 Å². The van der Waals surface area contributed by atoms with Crippen LogP contribution in [0.15, 0.2) is 5.38 Å². The number of urea groups is 1. The minimum atomic E-state index is -0.333. The first-order valence-electron chi connectivity index (χ1n) is 9.84. The molecule has 3 rings (SSSR count). The molecule has 0 aromatic carbocycles. The zero-order valence-corrected chi connectivity index (χ0v) is 17.7. The molecule has 0 atom stereocenters. The molecule has 2 aliphatic rings. The zero-order chi connectivity index (χ0) is 20.8. The molecule has 0 spiro atoms. The summed E-state index contributed by atoms with van der Waals surface area (Å²) in [5.74, 6) is -0.0317. The maximum absolute atomic E-state index is 12.5. The van der Waals surface area contributed by atoms with Gasteiger partial charge in [-0.05, 0) is 14.0 Å². The molecule has 11 heteroatoms. The molecule has 3 heterocycles. The van der Waals surface area contributed by atoms with E-state index in [1.807, 2.05) is 7.05 Å². The second-order valence-corrected chi connectivity index (χ2v) is 7.97. The quantitative estimate of drug-likeness (QED) is 0.767. The maximum Gasteiger partial charge on any atom is 0.409 e. The molecule has 1 aromatic rings. The van der Waals surface area contributed by atoms with Crippen molar-refractivity contribution in [1.82, 2.24) is 24.6 Å². The molecule has 0 saturated carbocycles. The van der Waals surface area contributed by atoms with Gasteiger partial charge in [0.05, 0.1) is 18.7 Å². The number of aromatic nitrogens is 1. The summed E-state index contributed by atoms with van der Waals surface area (Å²) < 4.78 is 4.99. The van der Waals surface area contributed by atoms with Gasteiger partial charge in [-0.25, -0.2) is 14.6 Å². The Bertz CT molecular complexity index is 726. The number of anilines is 1. The Kier molecular flexibility index (Phi) is 7.26. The average molecular weight is 425 g/mol. The summed E-state index contributed by atoms with van der Waals surface area (Å²) in [4.78, 5) is 48.3. The second-order valence-electron chi connectivity index (χ2n) is 7.11. The number of nitrogens with zero attached hydrogens (tertiary/aromatic N) is 5. The molecule has 0 radical (unpaired) electrons. The summed E-state index contributed by atoms with van der Waals surface area (Å²) in [6.07, 6.45) is -0.153. The van der Waals surface area contributed by atoms with Crippen LogP contribution in [0.3, 0.4) is 0 Å². The summed E-state index contributed by atoms with van der Waals surface area (Å²) in [5, 5.41) is 5.12. The van der Waals surface area contributed by atoms with Gasteiger partial charge >= 0.3 is 12.1 Å². The minimum absolute atomic E-state index is 0.0317. The molecule has 0 unspecified atom stereocenters. The predicted octanol–water partition coefficient (Wildman–Crippen LogP) is 0.766. The third-order valence-corrected chi connectivity index (χ3v) is 5.85. The molecular formula is C18H28N6O4S. The van der Waals surface area contributed by atoms with E-state index in [1.165, 1.54) is 11.3 Å². The summed E-state index contributed by atoms with van der Waals surface area (Å²) >= 11 is 1.32. The monoisotopic (exact) mass is 424 g/mol. The van der Waals surface area contributed by atoms with Gasteiger partial charge in [-0.2, -0.15) is 0 Å². The number of carbonyl (C=O) groups is 3. The number of amides is 4. The molecule has 1 aromatic heterocycles. The van der Waals surface area contributed by atoms with Gasteiger partial charge in [0.1, 0.15) is 0 Å². The van der Waals surface area contributed by atoms with Crippen molar-refractivity contribution in [2.75, 3.05) is 71.3 Å². The van der Waals surface area contributed by atoms with E-state index in [0.29, 0.717) is 56.7 Å². The fraction of sp³-hybridized carbons (Fsp3) is 0.667. The van der Waals surface area contributed by atoms with Crippen molar-refractivity contribution in [1.29, 1.82) is 0 Å². The van der Waals surface area contributed by atoms with E-state index in [1.54, 1.807) is 27.0 Å². The number of hydrogen-bond acceptors (Lipinski definition) is 7. The van der Waals surface area contributed by atoms with Crippen LogP contribution in [-0.4, -0.2) is 109 Å². The Hall–Kier alpha value is -2.40. The molecule has 2 aliphatic heterocycles. The van der Waals surface area contributed by atoms with Crippen molar-refractivity contribution in [2.45, 2.75) is 13.3 Å². The molecule has 10 nitrogen and oxygen atoms in total. The molecule has 0 aliphatic carbocycles. The fourth-order valence-electron chi connectivity index (χ4n) is 3.25. The smallest absolute Gasteiger partial charge is 0.409 e. The predicted molar refractivity (Wildman–Crippen MR) is 109 cm³/mol. The fourth-order valence-corrected chi connectivity index (χ4v) is 3.95. The van der Waals surface area contributed by atoms with Crippen molar-refractivity contribution in [2.24, 2.45) is 0 Å². The lowest BCUT2D eigenvalue weighted by molar-refractivity contribution is -0.132. The largest absolute Gasteiger partial charge is 0.450 e. The first kappa shape index (κ1) is 21.3. The zero-order valence-electron chi connectivity index (χ0n) is 16.9. The van der Waals surface area contributed by atoms with Crippen LogP contribution in [0.25, 0.3) is 0 Å². The molecule has 4 amide bonds. The Morgan fingerprint density at radius 2 is 1.66 bits per heavy atom. The highest BCUT2D eigenvalue weighted by Crippen LogP contribution is 2.18. The highest BCUT2D eigenvalue weighted by Gasteiger charge is 2.25. The van der Waals surface area contributed by atoms with Crippen molar-refractivity contribution in [3.63, 3.8) is 0 Å². The third-order valence-electron chi connectivity index (χ3n) is 5.05. The van der Waals surface area contributed by atoms with Crippen LogP contribution in [0, 0.1) is 0 Å². The number of piperazine rings is 2. The summed E-state index contributed by atoms with van der Waals surface area (Å²) in [6.45, 7) is 7.10. The highest BCUT2D eigenvalue weighted by atomic mass is 32.1. The van der Waals surface area contributed by atoms with Gasteiger partial charge in [0.2, 0.25) is 5.91 Å². The average Bonchev–Trinajstić information content (AvgIpc) is 3.15. The molecule has 0 bridgehead atoms. The van der Waals surface area contributed by atoms with Crippen LogP contribution >= 0.6 is 11.3 Å². The van der Waals surface area contributed by atoms with Crippen molar-refractivity contribution in [3.05, 3.63) is 11.1 Å². The first-order valence-corrected chi connectivity index (χ1v) is 10.7. The van der Waals surface area contributed by atoms with Gasteiger partial charge in [0.25, 0.3) is 0 Å². The van der Waals surface area contributed by atoms with Gasteiger partial charge in [0.15, 0.2) is 5.13 Å². The van der Waals surface area contributed by atoms with E-state index < -0.39 is 0 Å². The van der Waals surface area contributed by atoms with E-state index in [9.17, 15) is 14.4 Å². The Balaban J connectivity index is 1.44. The number of carbonyl (C=O) groups excluding carboxylic acids is 3. The van der Waals surface area contributed by atoms with Gasteiger partial charge in [0, 0.05) is 57.7 Å². The lowest BCUT2D eigenvalue weighted by Crippen LogP contribution is -2.51. The van der Waals surface area contributed by atoms with Crippen LogP contribution in [0.1, 0.15) is 12.6 Å². The van der Waals surface area contributed by atoms with Crippen molar-refractivity contribution < 1.29 is 19.1 Å². The van der Waals surface area contributed by atoms with Crippen LogP contribution in [0.2, 0.25) is 0 Å². The molecule has 160 valence electrons. The maximum atomic E-state index is 12.5. The molecule has 1 N–H and O–H groups in total. The van der Waals surface area contributed by atoms with Gasteiger partial charge < -0.3 is 24.3 Å². The van der Waals surface area contributed by atoms with Gasteiger partial charge in [-0.15, -0.1) is 11.3 Å². The van der Waals surface area contributed by atoms with E-state index in [-0.39, 0.29) is 24.5 Å². The van der Waals surface area contributed by atoms with Gasteiger partial charge in [-0.3, -0.25) is 10.1 Å². The van der Waals surface area contributed by atoms with Crippen molar-refractivity contribution >= 4 is 34.5 Å². The van der Waals surface area contributed by atoms with E-state index in [0.717, 1.165) is 13.1 Å². The third kappa shape index (κ3) is 5.80. The van der Waals surface area contributed by atoms with Crippen LogP contribution in [0.5, 0.6) is 0 Å². The lowest BCUT2D eigenvalue weighted by atomic mass is 10.2. The Morgan fingerprint density at radius 3 is 2.31 bits per heavy atom. The SMILES string of the molecule is CCOC(=O)N1CCN(C(=O)Cc2csc(NC(=O)N3CCN(C)CC3)n2)CC1. The number of rotatable bonds is 4. The summed E-state index contributed by atoms with van der Waals surface area (Å²) in [6, 6.07) is -0.152. The number of hydrogen-bond donors (Lipinski definition) is 1. The first-order chi connectivity index (χ1) is 14.0. The van der Waals surface area contributed by atoms with Crippen LogP contribution < -0.4 is 5.32 Å². The Labute approximate surface area is 174 Å². The lowest BCUT2D eigenvalue weighted by Gasteiger charge is -2.34. The topological polar surface area (TPSA) is 98.3 Å². The number of likely N-dealkylation sites (N-methyl/N-ethyl adjacent to an activating group) is 1. The molecule has 2 fully saturated rings. The van der Waals surface area contributed by atoms with Crippen LogP contribution in [0.4, 0.5) is 14.7 Å². The standard InChI is InChI=1S/C18H28N6O4S/c1-3-28-18(27)24-10-8-22(9-11-24)15(25)12-14-13-29-16(19-14)20-17(26)23-6-4-21(2)5-7-23/h13H,3-12H2,1-2H3,(H,19,20,26). The van der Waals surface area contributed by atoms with Crippen LogP contribution in [-0.2, 0) is 16.0 Å². The Morgan fingerprint density at radius 1 is 1.03 bits per heavy atom.